The van der Waals surface area contributed by atoms with E-state index < -0.39 is 10.0 Å². The monoisotopic (exact) mass is 447 g/mol. The Morgan fingerprint density at radius 1 is 1.03 bits per heavy atom. The van der Waals surface area contributed by atoms with Gasteiger partial charge in [-0.05, 0) is 55.5 Å². The highest BCUT2D eigenvalue weighted by molar-refractivity contribution is 7.89. The third-order valence-corrected chi connectivity index (χ3v) is 8.21. The van der Waals surface area contributed by atoms with Gasteiger partial charge in [-0.2, -0.15) is 4.31 Å². The minimum absolute atomic E-state index is 0.176. The molecule has 31 heavy (non-hydrogen) atoms. The fourth-order valence-corrected chi connectivity index (χ4v) is 6.12. The number of fused-ring (bicyclic) bond motifs is 1. The molecule has 1 atom stereocenters. The first-order chi connectivity index (χ1) is 14.8. The van der Waals surface area contributed by atoms with Crippen molar-refractivity contribution >= 4 is 15.9 Å². The topological polar surface area (TPSA) is 81.1 Å². The van der Waals surface area contributed by atoms with Crippen LogP contribution in [0.3, 0.4) is 0 Å². The molecule has 0 radical (unpaired) electrons. The third-order valence-electron chi connectivity index (χ3n) is 6.35. The van der Waals surface area contributed by atoms with Gasteiger partial charge in [-0.25, -0.2) is 8.42 Å². The van der Waals surface area contributed by atoms with Crippen molar-refractivity contribution in [1.82, 2.24) is 13.8 Å². The van der Waals surface area contributed by atoms with Gasteiger partial charge < -0.3 is 18.9 Å². The van der Waals surface area contributed by atoms with Crippen LogP contribution in [-0.2, 0) is 23.5 Å². The number of carbonyl (C=O) groups is 1. The molecule has 0 saturated carbocycles. The number of carbonyl (C=O) groups excluding carboxylic acids is 1. The maximum atomic E-state index is 13.4. The van der Waals surface area contributed by atoms with Crippen molar-refractivity contribution in [3.8, 4) is 11.5 Å². The van der Waals surface area contributed by atoms with Gasteiger partial charge in [0.25, 0.3) is 5.91 Å². The van der Waals surface area contributed by atoms with Gasteiger partial charge in [0, 0.05) is 32.9 Å². The molecule has 1 saturated heterocycles. The second kappa shape index (κ2) is 8.20. The van der Waals surface area contributed by atoms with Crippen LogP contribution in [0.1, 0.15) is 47.4 Å². The Morgan fingerprint density at radius 3 is 2.32 bits per heavy atom. The lowest BCUT2D eigenvalue weighted by atomic mass is 9.92. The van der Waals surface area contributed by atoms with Crippen LogP contribution in [0.4, 0.5) is 0 Å². The van der Waals surface area contributed by atoms with Crippen LogP contribution >= 0.6 is 0 Å². The number of hydrogen-bond acceptors (Lipinski definition) is 5. The zero-order valence-electron chi connectivity index (χ0n) is 18.4. The zero-order valence-corrected chi connectivity index (χ0v) is 19.2. The van der Waals surface area contributed by atoms with E-state index in [2.05, 4.69) is 0 Å². The number of amides is 1. The Hall–Kier alpha value is -2.52. The highest BCUT2D eigenvalue weighted by Gasteiger charge is 2.33. The lowest BCUT2D eigenvalue weighted by Gasteiger charge is -2.35. The van der Waals surface area contributed by atoms with Gasteiger partial charge in [0.05, 0.1) is 20.3 Å². The van der Waals surface area contributed by atoms with Crippen LogP contribution in [0.15, 0.2) is 29.3 Å². The molecule has 168 valence electrons. The minimum atomic E-state index is -3.57. The van der Waals surface area contributed by atoms with Gasteiger partial charge in [-0.1, -0.05) is 0 Å². The highest BCUT2D eigenvalue weighted by Crippen LogP contribution is 2.38. The number of benzene rings is 1. The molecule has 1 aromatic heterocycles. The average molecular weight is 448 g/mol. The summed E-state index contributed by atoms with van der Waals surface area (Å²) in [5, 5.41) is 0. The second-order valence-electron chi connectivity index (χ2n) is 8.11. The molecule has 1 fully saturated rings. The zero-order chi connectivity index (χ0) is 22.3. The average Bonchev–Trinajstić information content (AvgIpc) is 3.43. The molecule has 1 amide bonds. The number of aryl methyl sites for hydroxylation is 1. The van der Waals surface area contributed by atoms with Crippen molar-refractivity contribution < 1.29 is 22.7 Å². The van der Waals surface area contributed by atoms with Crippen molar-refractivity contribution in [1.29, 1.82) is 0 Å². The Balaban J connectivity index is 1.63. The number of rotatable bonds is 5. The van der Waals surface area contributed by atoms with Gasteiger partial charge >= 0.3 is 0 Å². The van der Waals surface area contributed by atoms with E-state index in [9.17, 15) is 13.2 Å². The second-order valence-corrected chi connectivity index (χ2v) is 10.1. The minimum Gasteiger partial charge on any atom is -0.493 e. The molecular weight excluding hydrogens is 418 g/mol. The number of ether oxygens (including phenoxy) is 2. The van der Waals surface area contributed by atoms with E-state index in [1.807, 2.05) is 19.1 Å². The molecule has 0 N–H and O–H groups in total. The molecule has 0 spiro atoms. The van der Waals surface area contributed by atoms with Crippen LogP contribution in [0.2, 0.25) is 0 Å². The van der Waals surface area contributed by atoms with Crippen molar-refractivity contribution in [2.24, 2.45) is 7.05 Å². The molecule has 2 aliphatic heterocycles. The van der Waals surface area contributed by atoms with Crippen molar-refractivity contribution in [2.75, 3.05) is 33.9 Å². The third kappa shape index (κ3) is 3.70. The van der Waals surface area contributed by atoms with Crippen LogP contribution in [0.25, 0.3) is 0 Å². The molecule has 1 aromatic carbocycles. The van der Waals surface area contributed by atoms with Crippen LogP contribution in [0, 0.1) is 0 Å². The molecular formula is C22H29N3O5S. The molecule has 2 aromatic rings. The predicted octanol–water partition coefficient (Wildman–Crippen LogP) is 2.59. The van der Waals surface area contributed by atoms with E-state index in [1.165, 1.54) is 16.6 Å². The van der Waals surface area contributed by atoms with Gasteiger partial charge in [-0.15, -0.1) is 0 Å². The summed E-state index contributed by atoms with van der Waals surface area (Å²) in [5.74, 6) is 1.12. The van der Waals surface area contributed by atoms with E-state index >= 15 is 0 Å². The first-order valence-corrected chi connectivity index (χ1v) is 11.9. The first kappa shape index (κ1) is 21.7. The lowest BCUT2D eigenvalue weighted by molar-refractivity contribution is 0.0667. The summed E-state index contributed by atoms with van der Waals surface area (Å²) in [6, 6.07) is 5.22. The van der Waals surface area contributed by atoms with Gasteiger partial charge in [0.2, 0.25) is 10.0 Å². The maximum absolute atomic E-state index is 13.4. The Bertz CT molecular complexity index is 1100. The number of aromatic nitrogens is 1. The molecule has 1 unspecified atom stereocenters. The van der Waals surface area contributed by atoms with Crippen molar-refractivity contribution in [3.63, 3.8) is 0 Å². The summed E-state index contributed by atoms with van der Waals surface area (Å²) in [6.45, 7) is 3.59. The van der Waals surface area contributed by atoms with Crippen molar-refractivity contribution in [3.05, 3.63) is 41.2 Å². The normalized spacial score (nSPS) is 19.4. The quantitative estimate of drug-likeness (QED) is 0.704. The largest absolute Gasteiger partial charge is 0.493 e. The molecule has 4 rings (SSSR count). The molecule has 3 heterocycles. The van der Waals surface area contributed by atoms with E-state index in [1.54, 1.807) is 30.7 Å². The predicted molar refractivity (Wildman–Crippen MR) is 116 cm³/mol. The molecule has 9 heteroatoms. The number of sulfonamides is 1. The Labute approximate surface area is 183 Å². The van der Waals surface area contributed by atoms with Crippen LogP contribution in [0.5, 0.6) is 11.5 Å². The fraction of sp³-hybridized carbons (Fsp3) is 0.500. The summed E-state index contributed by atoms with van der Waals surface area (Å²) in [4.78, 5) is 15.4. The van der Waals surface area contributed by atoms with E-state index in [-0.39, 0.29) is 16.8 Å². The molecule has 0 aliphatic carbocycles. The summed E-state index contributed by atoms with van der Waals surface area (Å²) < 4.78 is 39.8. The van der Waals surface area contributed by atoms with Crippen molar-refractivity contribution in [2.45, 2.75) is 37.1 Å². The summed E-state index contributed by atoms with van der Waals surface area (Å²) in [5.41, 5.74) is 2.50. The fourth-order valence-electron chi connectivity index (χ4n) is 4.53. The summed E-state index contributed by atoms with van der Waals surface area (Å²) in [6.07, 6.45) is 3.97. The van der Waals surface area contributed by atoms with E-state index in [0.29, 0.717) is 43.2 Å². The van der Waals surface area contributed by atoms with Gasteiger partial charge in [0.1, 0.15) is 10.6 Å². The summed E-state index contributed by atoms with van der Waals surface area (Å²) >= 11 is 0. The van der Waals surface area contributed by atoms with Gasteiger partial charge in [-0.3, -0.25) is 4.79 Å². The first-order valence-electron chi connectivity index (χ1n) is 10.5. The number of nitrogens with zero attached hydrogens (tertiary/aromatic N) is 3. The number of hydrogen-bond donors (Lipinski definition) is 0. The molecule has 0 bridgehead atoms. The summed E-state index contributed by atoms with van der Waals surface area (Å²) in [7, 11) is 1.34. The Morgan fingerprint density at radius 2 is 1.68 bits per heavy atom. The molecule has 8 nitrogen and oxygen atoms in total. The maximum Gasteiger partial charge on any atom is 0.271 e. The van der Waals surface area contributed by atoms with Gasteiger partial charge in [0.15, 0.2) is 11.5 Å². The number of methoxy groups -OCH3 is 2. The Kier molecular flexibility index (Phi) is 5.74. The lowest BCUT2D eigenvalue weighted by Crippen LogP contribution is -2.39. The molecule has 2 aliphatic rings. The van der Waals surface area contributed by atoms with Crippen LogP contribution in [-0.4, -0.2) is 62.0 Å². The standard InChI is InChI=1S/C22H29N3O5S/c1-15-18-13-21(30-4)20(29-3)11-16(18)7-10-25(15)22(26)19-12-17(14-23(19)2)31(27,28)24-8-5-6-9-24/h11-15H,5-10H2,1-4H3. The highest BCUT2D eigenvalue weighted by atomic mass is 32.2. The SMILES string of the molecule is COc1cc2c(cc1OC)C(C)N(C(=O)c1cc(S(=O)(=O)N3CCCC3)cn1C)CC2. The van der Waals surface area contributed by atoms with E-state index in [4.69, 9.17) is 9.47 Å². The van der Waals surface area contributed by atoms with E-state index in [0.717, 1.165) is 24.0 Å². The smallest absolute Gasteiger partial charge is 0.271 e. The van der Waals surface area contributed by atoms with Crippen LogP contribution < -0.4 is 9.47 Å².